The average molecular weight is 309 g/mol. The summed E-state index contributed by atoms with van der Waals surface area (Å²) >= 11 is 0. The van der Waals surface area contributed by atoms with Crippen molar-refractivity contribution in [3.05, 3.63) is 29.8 Å². The minimum absolute atomic E-state index is 0.271. The number of aliphatic hydroxyl groups is 1. The molecule has 0 aliphatic heterocycles. The Bertz CT molecular complexity index is 576. The van der Waals surface area contributed by atoms with Crippen LogP contribution in [0.3, 0.4) is 0 Å². The highest BCUT2D eigenvalue weighted by atomic mass is 32.2. The number of aliphatic hydroxyl groups excluding tert-OH is 1. The average Bonchev–Trinajstić information content (AvgIpc) is 2.38. The zero-order valence-electron chi connectivity index (χ0n) is 10.2. The molecular weight excluding hydrogens is 296 g/mol. The van der Waals surface area contributed by atoms with Crippen LogP contribution in [0.2, 0.25) is 0 Å². The molecular formula is C11H13F2NO5S. The molecule has 0 radical (unpaired) electrons. The van der Waals surface area contributed by atoms with Crippen LogP contribution in [0, 0.1) is 0 Å². The van der Waals surface area contributed by atoms with Crippen LogP contribution in [0.4, 0.5) is 8.78 Å². The molecule has 6 nitrogen and oxygen atoms in total. The first-order chi connectivity index (χ1) is 9.28. The first-order valence-electron chi connectivity index (χ1n) is 5.51. The number of rotatable bonds is 7. The molecule has 1 aromatic carbocycles. The molecule has 1 rings (SSSR count). The number of sulfonamides is 1. The zero-order chi connectivity index (χ0) is 15.3. The smallest absolute Gasteiger partial charge is 0.335 e. The number of carbonyl (C=O) groups is 1. The first kappa shape index (κ1) is 16.5. The standard InChI is InChI=1S/C11H13F2NO5S/c12-10(13)7-14(4-5-15)20(18,19)9-3-1-2-8(6-9)11(16)17/h1-3,6,10,15H,4-5,7H2,(H,16,17). The zero-order valence-corrected chi connectivity index (χ0v) is 11.1. The lowest BCUT2D eigenvalue weighted by molar-refractivity contribution is 0.0696. The van der Waals surface area contributed by atoms with E-state index in [0.29, 0.717) is 4.31 Å². The van der Waals surface area contributed by atoms with Crippen molar-refractivity contribution in [1.82, 2.24) is 4.31 Å². The summed E-state index contributed by atoms with van der Waals surface area (Å²) in [5.41, 5.74) is -0.271. The van der Waals surface area contributed by atoms with Crippen LogP contribution in [0.5, 0.6) is 0 Å². The van der Waals surface area contributed by atoms with E-state index >= 15 is 0 Å². The van der Waals surface area contributed by atoms with Crippen LogP contribution in [0.15, 0.2) is 29.2 Å². The van der Waals surface area contributed by atoms with Gasteiger partial charge < -0.3 is 10.2 Å². The molecule has 1 aromatic rings. The Labute approximate surface area is 114 Å². The summed E-state index contributed by atoms with van der Waals surface area (Å²) in [5.74, 6) is -1.33. The van der Waals surface area contributed by atoms with Gasteiger partial charge in [0.1, 0.15) is 0 Å². The lowest BCUT2D eigenvalue weighted by Crippen LogP contribution is -2.37. The van der Waals surface area contributed by atoms with E-state index in [1.807, 2.05) is 0 Å². The summed E-state index contributed by atoms with van der Waals surface area (Å²) in [6.07, 6.45) is -2.90. The van der Waals surface area contributed by atoms with Gasteiger partial charge in [0.15, 0.2) is 0 Å². The number of nitrogens with zero attached hydrogens (tertiary/aromatic N) is 1. The highest BCUT2D eigenvalue weighted by Crippen LogP contribution is 2.18. The predicted octanol–water partition coefficient (Wildman–Crippen LogP) is 0.633. The van der Waals surface area contributed by atoms with E-state index in [1.54, 1.807) is 0 Å². The highest BCUT2D eigenvalue weighted by molar-refractivity contribution is 7.89. The van der Waals surface area contributed by atoms with Crippen LogP contribution in [-0.4, -0.2) is 55.0 Å². The summed E-state index contributed by atoms with van der Waals surface area (Å²) in [6.45, 7) is -2.19. The van der Waals surface area contributed by atoms with Gasteiger partial charge in [0.25, 0.3) is 6.43 Å². The fourth-order valence-electron chi connectivity index (χ4n) is 1.51. The van der Waals surface area contributed by atoms with Crippen LogP contribution in [-0.2, 0) is 10.0 Å². The third-order valence-corrected chi connectivity index (χ3v) is 4.27. The maximum absolute atomic E-state index is 12.4. The minimum atomic E-state index is -4.28. The normalized spacial score (nSPS) is 12.1. The van der Waals surface area contributed by atoms with Gasteiger partial charge in [-0.1, -0.05) is 6.07 Å². The molecule has 0 heterocycles. The van der Waals surface area contributed by atoms with Gasteiger partial charge in [0, 0.05) is 6.54 Å². The van der Waals surface area contributed by atoms with Crippen LogP contribution < -0.4 is 0 Å². The predicted molar refractivity (Wildman–Crippen MR) is 65.2 cm³/mol. The topological polar surface area (TPSA) is 94.9 Å². The second kappa shape index (κ2) is 6.73. The molecule has 9 heteroatoms. The highest BCUT2D eigenvalue weighted by Gasteiger charge is 2.27. The van der Waals surface area contributed by atoms with Gasteiger partial charge in [-0.2, -0.15) is 4.31 Å². The summed E-state index contributed by atoms with van der Waals surface area (Å²) in [7, 11) is -4.28. The summed E-state index contributed by atoms with van der Waals surface area (Å²) in [4.78, 5) is 10.4. The van der Waals surface area contributed by atoms with E-state index in [2.05, 4.69) is 0 Å². The third-order valence-electron chi connectivity index (χ3n) is 2.41. The van der Waals surface area contributed by atoms with Gasteiger partial charge in [0.2, 0.25) is 10.0 Å². The number of carboxylic acids is 1. The SMILES string of the molecule is O=C(O)c1cccc(S(=O)(=O)N(CCO)CC(F)F)c1. The quantitative estimate of drug-likeness (QED) is 0.770. The molecule has 0 aliphatic rings. The van der Waals surface area contributed by atoms with Gasteiger partial charge in [-0.15, -0.1) is 0 Å². The van der Waals surface area contributed by atoms with Gasteiger partial charge in [0.05, 0.1) is 23.6 Å². The largest absolute Gasteiger partial charge is 0.478 e. The van der Waals surface area contributed by atoms with E-state index in [-0.39, 0.29) is 5.56 Å². The summed E-state index contributed by atoms with van der Waals surface area (Å²) < 4.78 is 49.4. The number of hydrogen-bond acceptors (Lipinski definition) is 4. The lowest BCUT2D eigenvalue weighted by atomic mass is 10.2. The van der Waals surface area contributed by atoms with Crippen molar-refractivity contribution in [2.24, 2.45) is 0 Å². The molecule has 0 saturated heterocycles. The van der Waals surface area contributed by atoms with E-state index in [9.17, 15) is 22.0 Å². The number of halogens is 2. The molecule has 0 amide bonds. The molecule has 112 valence electrons. The Morgan fingerprint density at radius 1 is 1.35 bits per heavy atom. The second-order valence-corrected chi connectivity index (χ2v) is 5.75. The Hall–Kier alpha value is -1.58. The van der Waals surface area contributed by atoms with E-state index in [4.69, 9.17) is 10.2 Å². The number of hydrogen-bond donors (Lipinski definition) is 2. The fourth-order valence-corrected chi connectivity index (χ4v) is 2.97. The monoisotopic (exact) mass is 309 g/mol. The van der Waals surface area contributed by atoms with Crippen molar-refractivity contribution in [2.75, 3.05) is 19.7 Å². The van der Waals surface area contributed by atoms with Crippen LogP contribution >= 0.6 is 0 Å². The van der Waals surface area contributed by atoms with E-state index in [0.717, 1.165) is 12.1 Å². The Morgan fingerprint density at radius 3 is 2.50 bits per heavy atom. The van der Waals surface area contributed by atoms with E-state index < -0.39 is 47.0 Å². The second-order valence-electron chi connectivity index (χ2n) is 3.81. The minimum Gasteiger partial charge on any atom is -0.478 e. The van der Waals surface area contributed by atoms with Crippen molar-refractivity contribution in [3.63, 3.8) is 0 Å². The molecule has 2 N–H and O–H groups in total. The molecule has 0 saturated carbocycles. The fraction of sp³-hybridized carbons (Fsp3) is 0.364. The van der Waals surface area contributed by atoms with E-state index in [1.165, 1.54) is 12.1 Å². The molecule has 20 heavy (non-hydrogen) atoms. The summed E-state index contributed by atoms with van der Waals surface area (Å²) in [5, 5.41) is 17.6. The number of benzene rings is 1. The maximum atomic E-state index is 12.4. The van der Waals surface area contributed by atoms with Crippen molar-refractivity contribution in [2.45, 2.75) is 11.3 Å². The first-order valence-corrected chi connectivity index (χ1v) is 6.95. The Morgan fingerprint density at radius 2 is 2.00 bits per heavy atom. The van der Waals surface area contributed by atoms with Crippen molar-refractivity contribution >= 4 is 16.0 Å². The Balaban J connectivity index is 3.18. The number of carboxylic acid groups (broad SMARTS) is 1. The van der Waals surface area contributed by atoms with Crippen molar-refractivity contribution in [1.29, 1.82) is 0 Å². The summed E-state index contributed by atoms with van der Waals surface area (Å²) in [6, 6.07) is 4.38. The van der Waals surface area contributed by atoms with Gasteiger partial charge in [-0.25, -0.2) is 22.0 Å². The van der Waals surface area contributed by atoms with Crippen molar-refractivity contribution in [3.8, 4) is 0 Å². The van der Waals surface area contributed by atoms with Gasteiger partial charge in [-0.05, 0) is 18.2 Å². The molecule has 0 bridgehead atoms. The molecule has 0 spiro atoms. The van der Waals surface area contributed by atoms with Gasteiger partial charge >= 0.3 is 5.97 Å². The third kappa shape index (κ3) is 3.95. The molecule has 0 unspecified atom stereocenters. The van der Waals surface area contributed by atoms with Gasteiger partial charge in [-0.3, -0.25) is 0 Å². The Kier molecular flexibility index (Phi) is 5.54. The molecule has 0 aromatic heterocycles. The molecule has 0 atom stereocenters. The molecule has 0 aliphatic carbocycles. The molecule has 0 fully saturated rings. The maximum Gasteiger partial charge on any atom is 0.335 e. The van der Waals surface area contributed by atoms with Crippen LogP contribution in [0.25, 0.3) is 0 Å². The van der Waals surface area contributed by atoms with Crippen molar-refractivity contribution < 1.29 is 32.2 Å². The van der Waals surface area contributed by atoms with Crippen LogP contribution in [0.1, 0.15) is 10.4 Å². The number of alkyl halides is 2. The number of aromatic carboxylic acids is 1. The lowest BCUT2D eigenvalue weighted by Gasteiger charge is -2.20.